The Morgan fingerprint density at radius 1 is 1.50 bits per heavy atom. The Hall–Kier alpha value is -0.770. The van der Waals surface area contributed by atoms with Crippen LogP contribution in [-0.4, -0.2) is 43.2 Å². The van der Waals surface area contributed by atoms with Gasteiger partial charge in [0.15, 0.2) is 0 Å². The molecular weight excluding hydrogens is 154 g/mol. The van der Waals surface area contributed by atoms with Gasteiger partial charge in [-0.05, 0) is 12.5 Å². The van der Waals surface area contributed by atoms with Crippen molar-refractivity contribution >= 4 is 6.03 Å². The fourth-order valence-electron chi connectivity index (χ4n) is 2.02. The van der Waals surface area contributed by atoms with Crippen LogP contribution >= 0.6 is 0 Å². The number of nitrogens with zero attached hydrogens (tertiary/aromatic N) is 1. The average molecular weight is 169 g/mol. The van der Waals surface area contributed by atoms with Gasteiger partial charge in [-0.2, -0.15) is 0 Å². The normalized spacial score (nSPS) is 35.8. The first-order valence-electron chi connectivity index (χ1n) is 4.54. The van der Waals surface area contributed by atoms with E-state index >= 15 is 0 Å². The summed E-state index contributed by atoms with van der Waals surface area (Å²) in [6.07, 6.45) is 0. The van der Waals surface area contributed by atoms with E-state index in [1.54, 1.807) is 0 Å². The van der Waals surface area contributed by atoms with Gasteiger partial charge in [0.05, 0.1) is 0 Å². The van der Waals surface area contributed by atoms with Crippen LogP contribution in [0.15, 0.2) is 0 Å². The van der Waals surface area contributed by atoms with Crippen molar-refractivity contribution in [3.05, 3.63) is 0 Å². The Balaban J connectivity index is 2.03. The van der Waals surface area contributed by atoms with Crippen LogP contribution in [0, 0.1) is 5.92 Å². The molecule has 2 heterocycles. The molecule has 2 aliphatic heterocycles. The molecule has 0 saturated carbocycles. The van der Waals surface area contributed by atoms with Crippen molar-refractivity contribution < 1.29 is 4.79 Å². The van der Waals surface area contributed by atoms with Gasteiger partial charge in [-0.1, -0.05) is 6.92 Å². The molecule has 2 unspecified atom stereocenters. The minimum absolute atomic E-state index is 0.107. The van der Waals surface area contributed by atoms with Crippen LogP contribution in [0.5, 0.6) is 0 Å². The van der Waals surface area contributed by atoms with Crippen molar-refractivity contribution in [2.75, 3.05) is 26.2 Å². The smallest absolute Gasteiger partial charge is 0.317 e. The number of hydrogen-bond acceptors (Lipinski definition) is 2. The topological polar surface area (TPSA) is 44.4 Å². The Bertz CT molecular complexity index is 195. The molecule has 12 heavy (non-hydrogen) atoms. The van der Waals surface area contributed by atoms with Crippen molar-refractivity contribution in [2.24, 2.45) is 5.92 Å². The summed E-state index contributed by atoms with van der Waals surface area (Å²) >= 11 is 0. The van der Waals surface area contributed by atoms with Gasteiger partial charge < -0.3 is 15.5 Å². The average Bonchev–Trinajstić information content (AvgIpc) is 2.59. The maximum atomic E-state index is 11.3. The number of rotatable bonds is 1. The third-order valence-corrected chi connectivity index (χ3v) is 2.77. The molecule has 4 heteroatoms. The van der Waals surface area contributed by atoms with Crippen LogP contribution in [0.25, 0.3) is 0 Å². The van der Waals surface area contributed by atoms with Gasteiger partial charge in [-0.3, -0.25) is 0 Å². The van der Waals surface area contributed by atoms with Gasteiger partial charge in [-0.15, -0.1) is 0 Å². The maximum Gasteiger partial charge on any atom is 0.317 e. The van der Waals surface area contributed by atoms with Crippen molar-refractivity contribution in [2.45, 2.75) is 13.0 Å². The molecule has 2 amide bonds. The van der Waals surface area contributed by atoms with E-state index in [0.717, 1.165) is 26.2 Å². The summed E-state index contributed by atoms with van der Waals surface area (Å²) in [4.78, 5) is 13.2. The highest BCUT2D eigenvalue weighted by Gasteiger charge is 2.33. The molecule has 4 nitrogen and oxygen atoms in total. The lowest BCUT2D eigenvalue weighted by atomic mass is 10.1. The van der Waals surface area contributed by atoms with E-state index < -0.39 is 0 Å². The molecule has 0 aliphatic carbocycles. The van der Waals surface area contributed by atoms with E-state index in [1.165, 1.54) is 0 Å². The van der Waals surface area contributed by atoms with Gasteiger partial charge in [0.25, 0.3) is 0 Å². The molecule has 0 radical (unpaired) electrons. The van der Waals surface area contributed by atoms with Crippen LogP contribution in [0.4, 0.5) is 4.79 Å². The van der Waals surface area contributed by atoms with E-state index in [0.29, 0.717) is 12.0 Å². The summed E-state index contributed by atoms with van der Waals surface area (Å²) in [5.41, 5.74) is 0. The highest BCUT2D eigenvalue weighted by molar-refractivity contribution is 5.76. The van der Waals surface area contributed by atoms with Crippen LogP contribution in [0.3, 0.4) is 0 Å². The third kappa shape index (κ3) is 1.16. The highest BCUT2D eigenvalue weighted by atomic mass is 16.2. The minimum atomic E-state index is 0.107. The summed E-state index contributed by atoms with van der Waals surface area (Å²) in [7, 11) is 0. The number of hydrogen-bond donors (Lipinski definition) is 2. The monoisotopic (exact) mass is 169 g/mol. The number of carbonyl (C=O) groups is 1. The lowest BCUT2D eigenvalue weighted by Gasteiger charge is -2.25. The molecule has 0 aromatic carbocycles. The molecule has 0 bridgehead atoms. The van der Waals surface area contributed by atoms with Crippen LogP contribution in [0.2, 0.25) is 0 Å². The largest absolute Gasteiger partial charge is 0.336 e. The van der Waals surface area contributed by atoms with E-state index in [2.05, 4.69) is 17.6 Å². The van der Waals surface area contributed by atoms with Crippen molar-refractivity contribution in [3.63, 3.8) is 0 Å². The van der Waals surface area contributed by atoms with Crippen LogP contribution in [-0.2, 0) is 0 Å². The Labute approximate surface area is 72.3 Å². The first-order chi connectivity index (χ1) is 5.79. The fourth-order valence-corrected chi connectivity index (χ4v) is 2.02. The molecule has 0 aromatic rings. The Kier molecular flexibility index (Phi) is 1.92. The molecule has 2 atom stereocenters. The molecule has 2 N–H and O–H groups in total. The molecule has 2 aliphatic rings. The molecule has 2 saturated heterocycles. The zero-order chi connectivity index (χ0) is 8.55. The fraction of sp³-hybridized carbons (Fsp3) is 0.875. The summed E-state index contributed by atoms with van der Waals surface area (Å²) in [6, 6.07) is 0.517. The lowest BCUT2D eigenvalue weighted by molar-refractivity contribution is 0.190. The second kappa shape index (κ2) is 2.94. The first kappa shape index (κ1) is 7.86. The summed E-state index contributed by atoms with van der Waals surface area (Å²) in [6.45, 7) is 5.86. The predicted molar refractivity (Wildman–Crippen MR) is 45.9 cm³/mol. The SMILES string of the molecule is CC1CNCC1N1CCNC1=O. The van der Waals surface area contributed by atoms with Crippen LogP contribution < -0.4 is 10.6 Å². The van der Waals surface area contributed by atoms with E-state index in [9.17, 15) is 4.79 Å². The van der Waals surface area contributed by atoms with E-state index in [4.69, 9.17) is 0 Å². The van der Waals surface area contributed by atoms with Gasteiger partial charge >= 0.3 is 6.03 Å². The number of amides is 2. The molecular formula is C8H15N3O. The molecule has 2 rings (SSSR count). The number of carbonyl (C=O) groups excluding carboxylic acids is 1. The Morgan fingerprint density at radius 2 is 2.33 bits per heavy atom. The standard InChI is InChI=1S/C8H15N3O/c1-6-4-9-5-7(6)11-3-2-10-8(11)12/h6-7,9H,2-5H2,1H3,(H,10,12). The van der Waals surface area contributed by atoms with E-state index in [1.807, 2.05) is 4.90 Å². The molecule has 2 fully saturated rings. The second-order valence-corrected chi connectivity index (χ2v) is 3.63. The minimum Gasteiger partial charge on any atom is -0.336 e. The first-order valence-corrected chi connectivity index (χ1v) is 4.54. The summed E-state index contributed by atoms with van der Waals surface area (Å²) in [5.74, 6) is 0.592. The zero-order valence-electron chi connectivity index (χ0n) is 7.34. The van der Waals surface area contributed by atoms with Gasteiger partial charge in [0.1, 0.15) is 0 Å². The predicted octanol–water partition coefficient (Wildman–Crippen LogP) is -0.380. The maximum absolute atomic E-state index is 11.3. The van der Waals surface area contributed by atoms with Gasteiger partial charge in [-0.25, -0.2) is 4.79 Å². The van der Waals surface area contributed by atoms with Crippen molar-refractivity contribution in [3.8, 4) is 0 Å². The quantitative estimate of drug-likeness (QED) is 0.562. The Morgan fingerprint density at radius 3 is 2.83 bits per heavy atom. The van der Waals surface area contributed by atoms with Crippen molar-refractivity contribution in [1.29, 1.82) is 0 Å². The third-order valence-electron chi connectivity index (χ3n) is 2.77. The highest BCUT2D eigenvalue weighted by Crippen LogP contribution is 2.16. The van der Waals surface area contributed by atoms with Crippen LogP contribution in [0.1, 0.15) is 6.92 Å². The second-order valence-electron chi connectivity index (χ2n) is 3.63. The summed E-state index contributed by atoms with van der Waals surface area (Å²) < 4.78 is 0. The molecule has 68 valence electrons. The lowest BCUT2D eigenvalue weighted by Crippen LogP contribution is -2.42. The van der Waals surface area contributed by atoms with Gasteiger partial charge in [0.2, 0.25) is 0 Å². The summed E-state index contributed by atoms with van der Waals surface area (Å²) in [5, 5.41) is 6.12. The van der Waals surface area contributed by atoms with Crippen molar-refractivity contribution in [1.82, 2.24) is 15.5 Å². The zero-order valence-corrected chi connectivity index (χ0v) is 7.34. The number of nitrogens with one attached hydrogen (secondary N) is 2. The number of urea groups is 1. The molecule has 0 spiro atoms. The van der Waals surface area contributed by atoms with E-state index in [-0.39, 0.29) is 6.03 Å². The molecule has 0 aromatic heterocycles. The van der Waals surface area contributed by atoms with Gasteiger partial charge in [0, 0.05) is 25.7 Å².